The Morgan fingerprint density at radius 2 is 1.89 bits per heavy atom. The largest absolute Gasteiger partial charge is 0.477 e. The van der Waals surface area contributed by atoms with E-state index in [0.29, 0.717) is 5.69 Å². The monoisotopic (exact) mass is 266 g/mol. The van der Waals surface area contributed by atoms with Gasteiger partial charge < -0.3 is 15.0 Å². The van der Waals surface area contributed by atoms with Crippen molar-refractivity contribution in [3.63, 3.8) is 0 Å². The van der Waals surface area contributed by atoms with Crippen molar-refractivity contribution in [3.8, 4) is 0 Å². The number of carbonyl (C=O) groups excluding carboxylic acids is 1. The predicted octanol–water partition coefficient (Wildman–Crippen LogP) is 0.941. The van der Waals surface area contributed by atoms with E-state index in [2.05, 4.69) is 5.32 Å². The molecule has 1 aromatic rings. The summed E-state index contributed by atoms with van der Waals surface area (Å²) in [6, 6.07) is 0.637. The quantitative estimate of drug-likeness (QED) is 0.849. The van der Waals surface area contributed by atoms with Gasteiger partial charge in [0.1, 0.15) is 11.6 Å². The molecule has 6 nitrogen and oxygen atoms in total. The van der Waals surface area contributed by atoms with E-state index in [1.807, 2.05) is 13.8 Å². The van der Waals surface area contributed by atoms with Crippen LogP contribution in [0.1, 0.15) is 42.9 Å². The summed E-state index contributed by atoms with van der Waals surface area (Å²) in [6.07, 6.45) is 1.21. The van der Waals surface area contributed by atoms with Crippen molar-refractivity contribution in [1.29, 1.82) is 0 Å². The first-order chi connectivity index (χ1) is 8.73. The molecule has 0 saturated heterocycles. The first kappa shape index (κ1) is 14.9. The third kappa shape index (κ3) is 3.43. The molecular weight excluding hydrogens is 248 g/mol. The second-order valence-electron chi connectivity index (χ2n) is 4.74. The van der Waals surface area contributed by atoms with E-state index in [4.69, 9.17) is 5.11 Å². The number of rotatable bonds is 4. The molecule has 0 aliphatic carbocycles. The van der Waals surface area contributed by atoms with E-state index in [1.54, 1.807) is 13.8 Å². The molecule has 0 saturated carbocycles. The van der Waals surface area contributed by atoms with Crippen LogP contribution in [0.25, 0.3) is 0 Å². The van der Waals surface area contributed by atoms with E-state index in [9.17, 15) is 14.4 Å². The predicted molar refractivity (Wildman–Crippen MR) is 70.4 cm³/mol. The Balaban J connectivity index is 3.20. The molecule has 1 unspecified atom stereocenters. The van der Waals surface area contributed by atoms with E-state index in [1.165, 1.54) is 16.8 Å². The lowest BCUT2D eigenvalue weighted by molar-refractivity contribution is -0.124. The Hall–Kier alpha value is -2.11. The molecule has 1 heterocycles. The van der Waals surface area contributed by atoms with Gasteiger partial charge in [0, 0.05) is 24.0 Å². The summed E-state index contributed by atoms with van der Waals surface area (Å²) in [4.78, 5) is 34.4. The molecule has 0 fully saturated rings. The number of amides is 1. The minimum atomic E-state index is -1.30. The third-order valence-corrected chi connectivity index (χ3v) is 2.74. The molecule has 104 valence electrons. The number of carboxylic acids is 1. The summed E-state index contributed by atoms with van der Waals surface area (Å²) in [7, 11) is 0. The van der Waals surface area contributed by atoms with Crippen LogP contribution in [0.5, 0.6) is 0 Å². The maximum Gasteiger partial charge on any atom is 0.341 e. The Labute approximate surface area is 111 Å². The molecule has 2 N–H and O–H groups in total. The molecular formula is C13H18N2O4. The zero-order chi connectivity index (χ0) is 14.7. The summed E-state index contributed by atoms with van der Waals surface area (Å²) >= 11 is 0. The van der Waals surface area contributed by atoms with Crippen LogP contribution in [0.15, 0.2) is 17.1 Å². The van der Waals surface area contributed by atoms with Gasteiger partial charge in [0.2, 0.25) is 5.91 Å². The van der Waals surface area contributed by atoms with Crippen molar-refractivity contribution in [2.24, 2.45) is 0 Å². The van der Waals surface area contributed by atoms with Gasteiger partial charge in [0.05, 0.1) is 0 Å². The fourth-order valence-electron chi connectivity index (χ4n) is 1.76. The Morgan fingerprint density at radius 3 is 2.37 bits per heavy atom. The minimum Gasteiger partial charge on any atom is -0.477 e. The highest BCUT2D eigenvalue weighted by Gasteiger charge is 2.19. The highest BCUT2D eigenvalue weighted by molar-refractivity contribution is 5.87. The van der Waals surface area contributed by atoms with Crippen LogP contribution in [-0.4, -0.2) is 27.6 Å². The van der Waals surface area contributed by atoms with Crippen LogP contribution in [0.2, 0.25) is 0 Å². The number of hydrogen-bond acceptors (Lipinski definition) is 3. The molecule has 1 amide bonds. The van der Waals surface area contributed by atoms with Gasteiger partial charge in [0.25, 0.3) is 0 Å². The van der Waals surface area contributed by atoms with Crippen molar-refractivity contribution in [3.05, 3.63) is 33.7 Å². The van der Waals surface area contributed by atoms with E-state index >= 15 is 0 Å². The van der Waals surface area contributed by atoms with Crippen LogP contribution in [-0.2, 0) is 4.79 Å². The van der Waals surface area contributed by atoms with Gasteiger partial charge in [-0.05, 0) is 27.7 Å². The van der Waals surface area contributed by atoms with Crippen molar-refractivity contribution < 1.29 is 14.7 Å². The number of hydrogen-bond donors (Lipinski definition) is 2. The lowest BCUT2D eigenvalue weighted by atomic mass is 10.2. The SMILES string of the molecule is Cc1cc(=O)c(C(=O)O)cn1C(C)C(=O)NC(C)C. The van der Waals surface area contributed by atoms with Crippen LogP contribution in [0.3, 0.4) is 0 Å². The molecule has 0 aliphatic rings. The zero-order valence-corrected chi connectivity index (χ0v) is 11.4. The number of carboxylic acid groups (broad SMARTS) is 1. The molecule has 19 heavy (non-hydrogen) atoms. The average Bonchev–Trinajstić information content (AvgIpc) is 2.26. The van der Waals surface area contributed by atoms with Crippen molar-refractivity contribution in [2.75, 3.05) is 0 Å². The van der Waals surface area contributed by atoms with Gasteiger partial charge in [0.15, 0.2) is 5.43 Å². The molecule has 0 bridgehead atoms. The average molecular weight is 266 g/mol. The van der Waals surface area contributed by atoms with Crippen molar-refractivity contribution >= 4 is 11.9 Å². The van der Waals surface area contributed by atoms with E-state index in [-0.39, 0.29) is 17.5 Å². The van der Waals surface area contributed by atoms with Gasteiger partial charge in [-0.25, -0.2) is 4.79 Å². The molecule has 0 aromatic carbocycles. The van der Waals surface area contributed by atoms with Gasteiger partial charge in [-0.15, -0.1) is 0 Å². The second kappa shape index (κ2) is 5.69. The van der Waals surface area contributed by atoms with Crippen molar-refractivity contribution in [2.45, 2.75) is 39.8 Å². The number of carbonyl (C=O) groups is 2. The number of aromatic nitrogens is 1. The first-order valence-electron chi connectivity index (χ1n) is 6.00. The van der Waals surface area contributed by atoms with Gasteiger partial charge >= 0.3 is 5.97 Å². The maximum absolute atomic E-state index is 11.9. The van der Waals surface area contributed by atoms with Gasteiger partial charge in [-0.2, -0.15) is 0 Å². The Morgan fingerprint density at radius 1 is 1.32 bits per heavy atom. The fourth-order valence-corrected chi connectivity index (χ4v) is 1.76. The highest BCUT2D eigenvalue weighted by Crippen LogP contribution is 2.10. The normalized spacial score (nSPS) is 12.3. The molecule has 1 atom stereocenters. The van der Waals surface area contributed by atoms with E-state index in [0.717, 1.165) is 0 Å². The summed E-state index contributed by atoms with van der Waals surface area (Å²) in [5, 5.41) is 11.7. The number of aromatic carboxylic acids is 1. The number of nitrogens with zero attached hydrogens (tertiary/aromatic N) is 1. The van der Waals surface area contributed by atoms with Crippen molar-refractivity contribution in [1.82, 2.24) is 9.88 Å². The minimum absolute atomic E-state index is 0.00594. The second-order valence-corrected chi connectivity index (χ2v) is 4.74. The third-order valence-electron chi connectivity index (χ3n) is 2.74. The lowest BCUT2D eigenvalue weighted by Crippen LogP contribution is -2.36. The van der Waals surface area contributed by atoms with Crippen LogP contribution in [0, 0.1) is 6.92 Å². The zero-order valence-electron chi connectivity index (χ0n) is 11.4. The first-order valence-corrected chi connectivity index (χ1v) is 6.00. The molecule has 1 rings (SSSR count). The summed E-state index contributed by atoms with van der Waals surface area (Å²) in [6.45, 7) is 6.99. The summed E-state index contributed by atoms with van der Waals surface area (Å²) in [5.74, 6) is -1.52. The maximum atomic E-state index is 11.9. The van der Waals surface area contributed by atoms with Crippen LogP contribution < -0.4 is 10.7 Å². The van der Waals surface area contributed by atoms with Crippen LogP contribution in [0.4, 0.5) is 0 Å². The van der Waals surface area contributed by atoms with Gasteiger partial charge in [-0.3, -0.25) is 9.59 Å². The number of pyridine rings is 1. The topological polar surface area (TPSA) is 88.4 Å². The molecule has 6 heteroatoms. The Kier molecular flexibility index (Phi) is 4.47. The van der Waals surface area contributed by atoms with Gasteiger partial charge in [-0.1, -0.05) is 0 Å². The molecule has 1 aromatic heterocycles. The Bertz CT molecular complexity index is 560. The van der Waals surface area contributed by atoms with Crippen LogP contribution >= 0.6 is 0 Å². The molecule has 0 aliphatic heterocycles. The molecule has 0 radical (unpaired) electrons. The summed E-state index contributed by atoms with van der Waals surface area (Å²) < 4.78 is 1.49. The van der Waals surface area contributed by atoms with E-state index < -0.39 is 17.4 Å². The molecule has 0 spiro atoms. The summed E-state index contributed by atoms with van der Waals surface area (Å²) in [5.41, 5.74) is -0.353. The smallest absolute Gasteiger partial charge is 0.341 e. The number of aryl methyl sites for hydroxylation is 1. The lowest BCUT2D eigenvalue weighted by Gasteiger charge is -2.20. The standard InChI is InChI=1S/C13H18N2O4/c1-7(2)14-12(17)9(4)15-6-10(13(18)19)11(16)5-8(15)3/h5-7,9H,1-4H3,(H,14,17)(H,18,19). The highest BCUT2D eigenvalue weighted by atomic mass is 16.4. The fraction of sp³-hybridized carbons (Fsp3) is 0.462. The number of nitrogens with one attached hydrogen (secondary N) is 1.